The fourth-order valence-corrected chi connectivity index (χ4v) is 2.21. The van der Waals surface area contributed by atoms with E-state index >= 15 is 0 Å². The first kappa shape index (κ1) is 13.6. The van der Waals surface area contributed by atoms with Gasteiger partial charge in [-0.15, -0.1) is 0 Å². The lowest BCUT2D eigenvalue weighted by molar-refractivity contribution is -0.141. The minimum atomic E-state index is -0.313. The van der Waals surface area contributed by atoms with E-state index in [2.05, 4.69) is 28.2 Å². The van der Waals surface area contributed by atoms with Crippen LogP contribution in [0.15, 0.2) is 29.5 Å². The summed E-state index contributed by atoms with van der Waals surface area (Å²) < 4.78 is 4.67. The predicted molar refractivity (Wildman–Crippen MR) is 74.4 cm³/mol. The van der Waals surface area contributed by atoms with Gasteiger partial charge in [0.25, 0.3) is 0 Å². The molecule has 2 rings (SSSR count). The predicted octanol–water partition coefficient (Wildman–Crippen LogP) is 1.59. The van der Waals surface area contributed by atoms with Crippen LogP contribution < -0.4 is 0 Å². The highest BCUT2D eigenvalue weighted by molar-refractivity contribution is 5.94. The summed E-state index contributed by atoms with van der Waals surface area (Å²) in [7, 11) is 1.38. The molecule has 2 heterocycles. The number of hydrogen-bond acceptors (Lipinski definition) is 5. The molecule has 0 unspecified atom stereocenters. The van der Waals surface area contributed by atoms with Crippen molar-refractivity contribution in [3.63, 3.8) is 0 Å². The molecule has 1 fully saturated rings. The van der Waals surface area contributed by atoms with E-state index in [1.54, 1.807) is 5.01 Å². The van der Waals surface area contributed by atoms with E-state index in [1.165, 1.54) is 20.0 Å². The zero-order valence-corrected chi connectivity index (χ0v) is 11.6. The normalized spacial score (nSPS) is 20.5. The van der Waals surface area contributed by atoms with Crippen LogP contribution in [-0.2, 0) is 9.53 Å². The van der Waals surface area contributed by atoms with Gasteiger partial charge in [-0.25, -0.2) is 0 Å². The summed E-state index contributed by atoms with van der Waals surface area (Å²) in [6, 6.07) is 0. The van der Waals surface area contributed by atoms with Crippen LogP contribution >= 0.6 is 0 Å². The second-order valence-electron chi connectivity index (χ2n) is 5.09. The summed E-state index contributed by atoms with van der Waals surface area (Å²) in [5, 5.41) is 6.08. The van der Waals surface area contributed by atoms with Gasteiger partial charge < -0.3 is 9.64 Å². The van der Waals surface area contributed by atoms with Gasteiger partial charge >= 0.3 is 5.97 Å². The minimum Gasteiger partial charge on any atom is -0.468 e. The van der Waals surface area contributed by atoms with Gasteiger partial charge in [-0.2, -0.15) is 5.10 Å². The molecule has 0 radical (unpaired) electrons. The van der Waals surface area contributed by atoms with E-state index in [-0.39, 0.29) is 12.5 Å². The lowest BCUT2D eigenvalue weighted by atomic mass is 9.99. The molecule has 2 aliphatic rings. The molecule has 104 valence electrons. The summed E-state index contributed by atoms with van der Waals surface area (Å²) in [6.45, 7) is 8.30. The van der Waals surface area contributed by atoms with Gasteiger partial charge in [0, 0.05) is 13.1 Å². The molecular formula is C14H21N3O2. The van der Waals surface area contributed by atoms with Gasteiger partial charge in [0.05, 0.1) is 12.8 Å². The number of nitrogens with zero attached hydrogens (tertiary/aromatic N) is 3. The Labute approximate surface area is 114 Å². The topological polar surface area (TPSA) is 45.1 Å². The largest absolute Gasteiger partial charge is 0.468 e. The third-order valence-electron chi connectivity index (χ3n) is 3.59. The zero-order valence-electron chi connectivity index (χ0n) is 11.6. The number of piperidine rings is 1. The Bertz CT molecular complexity index is 420. The first-order chi connectivity index (χ1) is 9.10. The van der Waals surface area contributed by atoms with Gasteiger partial charge in [0.1, 0.15) is 12.4 Å². The van der Waals surface area contributed by atoms with Crippen LogP contribution in [0.3, 0.4) is 0 Å². The molecule has 0 aromatic heterocycles. The Morgan fingerprint density at radius 2 is 2.16 bits per heavy atom. The monoisotopic (exact) mass is 263 g/mol. The Hall–Kier alpha value is -1.78. The first-order valence-electron chi connectivity index (χ1n) is 6.65. The number of hydrazone groups is 1. The molecule has 0 N–H and O–H groups in total. The van der Waals surface area contributed by atoms with Crippen molar-refractivity contribution < 1.29 is 9.53 Å². The van der Waals surface area contributed by atoms with Gasteiger partial charge in [0.2, 0.25) is 0 Å². The molecule has 19 heavy (non-hydrogen) atoms. The third-order valence-corrected chi connectivity index (χ3v) is 3.59. The number of hydrogen-bond donors (Lipinski definition) is 0. The molecule has 0 atom stereocenters. The molecule has 1 saturated heterocycles. The summed E-state index contributed by atoms with van der Waals surface area (Å²) in [6.07, 6.45) is 6.23. The van der Waals surface area contributed by atoms with Crippen molar-refractivity contribution in [3.05, 3.63) is 24.4 Å². The van der Waals surface area contributed by atoms with Crippen LogP contribution in [0.2, 0.25) is 0 Å². The molecule has 0 saturated carbocycles. The second-order valence-corrected chi connectivity index (χ2v) is 5.09. The van der Waals surface area contributed by atoms with Crippen LogP contribution in [0.1, 0.15) is 19.8 Å². The van der Waals surface area contributed by atoms with Crippen molar-refractivity contribution in [3.8, 4) is 0 Å². The van der Waals surface area contributed by atoms with Crippen LogP contribution in [0, 0.1) is 5.92 Å². The van der Waals surface area contributed by atoms with Crippen molar-refractivity contribution >= 4 is 11.8 Å². The molecule has 0 bridgehead atoms. The highest BCUT2D eigenvalue weighted by atomic mass is 16.5. The number of methoxy groups -OCH3 is 1. The Morgan fingerprint density at radius 1 is 1.47 bits per heavy atom. The lowest BCUT2D eigenvalue weighted by Gasteiger charge is -2.34. The van der Waals surface area contributed by atoms with E-state index in [9.17, 15) is 4.79 Å². The van der Waals surface area contributed by atoms with E-state index in [0.717, 1.165) is 24.8 Å². The van der Waals surface area contributed by atoms with Crippen molar-refractivity contribution in [1.29, 1.82) is 0 Å². The molecule has 5 nitrogen and oxygen atoms in total. The van der Waals surface area contributed by atoms with Crippen molar-refractivity contribution in [2.75, 3.05) is 26.7 Å². The average Bonchev–Trinajstić information content (AvgIpc) is 2.42. The maximum absolute atomic E-state index is 11.3. The van der Waals surface area contributed by atoms with Crippen molar-refractivity contribution in [2.24, 2.45) is 11.0 Å². The van der Waals surface area contributed by atoms with E-state index < -0.39 is 0 Å². The highest BCUT2D eigenvalue weighted by Gasteiger charge is 2.21. The summed E-state index contributed by atoms with van der Waals surface area (Å²) in [5.41, 5.74) is 0.708. The average molecular weight is 263 g/mol. The number of carbonyl (C=O) groups is 1. The van der Waals surface area contributed by atoms with E-state index in [4.69, 9.17) is 0 Å². The second kappa shape index (κ2) is 5.91. The number of esters is 1. The zero-order chi connectivity index (χ0) is 13.8. The van der Waals surface area contributed by atoms with Crippen LogP contribution in [0.25, 0.3) is 0 Å². The van der Waals surface area contributed by atoms with Gasteiger partial charge in [-0.3, -0.25) is 9.80 Å². The minimum absolute atomic E-state index is 0.105. The van der Waals surface area contributed by atoms with Crippen LogP contribution in [0.5, 0.6) is 0 Å². The molecule has 0 spiro atoms. The Morgan fingerprint density at radius 3 is 2.79 bits per heavy atom. The maximum atomic E-state index is 11.3. The maximum Gasteiger partial charge on any atom is 0.327 e. The smallest absolute Gasteiger partial charge is 0.327 e. The summed E-state index contributed by atoms with van der Waals surface area (Å²) >= 11 is 0. The number of ether oxygens (including phenoxy) is 1. The van der Waals surface area contributed by atoms with Gasteiger partial charge in [-0.1, -0.05) is 13.5 Å². The Kier molecular flexibility index (Phi) is 4.24. The van der Waals surface area contributed by atoms with Crippen molar-refractivity contribution in [1.82, 2.24) is 9.91 Å². The number of allylic oxidation sites excluding steroid dienone is 1. The summed E-state index contributed by atoms with van der Waals surface area (Å²) in [5.74, 6) is 1.38. The van der Waals surface area contributed by atoms with Crippen molar-refractivity contribution in [2.45, 2.75) is 19.8 Å². The van der Waals surface area contributed by atoms with E-state index in [1.807, 2.05) is 12.2 Å². The SMILES string of the molecule is C=C1C=CC(N2CCC(C)CC2)=NN1CC(=O)OC. The molecule has 5 heteroatoms. The third kappa shape index (κ3) is 3.36. The number of likely N-dealkylation sites (tertiary alicyclic amines) is 1. The van der Waals surface area contributed by atoms with Crippen LogP contribution in [-0.4, -0.2) is 48.5 Å². The fourth-order valence-electron chi connectivity index (χ4n) is 2.21. The summed E-state index contributed by atoms with van der Waals surface area (Å²) in [4.78, 5) is 13.6. The first-order valence-corrected chi connectivity index (χ1v) is 6.65. The number of carbonyl (C=O) groups excluding carboxylic acids is 1. The van der Waals surface area contributed by atoms with Gasteiger partial charge in [0.15, 0.2) is 0 Å². The number of amidine groups is 1. The standard InChI is InChI=1S/C14H21N3O2/c1-11-6-8-16(9-7-11)13-5-4-12(2)17(15-13)10-14(18)19-3/h4-5,11H,2,6-10H2,1,3H3. The highest BCUT2D eigenvalue weighted by Crippen LogP contribution is 2.19. The quantitative estimate of drug-likeness (QED) is 0.710. The fraction of sp³-hybridized carbons (Fsp3) is 0.571. The van der Waals surface area contributed by atoms with E-state index in [0.29, 0.717) is 5.70 Å². The molecule has 0 aromatic rings. The van der Waals surface area contributed by atoms with Crippen LogP contribution in [0.4, 0.5) is 0 Å². The number of rotatable bonds is 2. The molecule has 0 aromatic carbocycles. The molecule has 0 aliphatic carbocycles. The molecular weight excluding hydrogens is 242 g/mol. The molecule has 2 aliphatic heterocycles. The molecule has 0 amide bonds. The Balaban J connectivity index is 2.04. The van der Waals surface area contributed by atoms with Gasteiger partial charge in [-0.05, 0) is 30.9 Å². The lowest BCUT2D eigenvalue weighted by Crippen LogP contribution is -2.40.